The molecular weight excluding hydrogens is 546 g/mol. The molecule has 0 saturated carbocycles. The van der Waals surface area contributed by atoms with E-state index >= 15 is 0 Å². The Morgan fingerprint density at radius 1 is 0.833 bits per heavy atom. The van der Waals surface area contributed by atoms with Crippen LogP contribution in [0.2, 0.25) is 0 Å². The van der Waals surface area contributed by atoms with Gasteiger partial charge in [-0.15, -0.1) is 0 Å². The van der Waals surface area contributed by atoms with Crippen LogP contribution >= 0.6 is 0 Å². The Balaban J connectivity index is 2.43. The minimum atomic E-state index is -1.42. The summed E-state index contributed by atoms with van der Waals surface area (Å²) in [5.74, 6) is -3.74. The Hall–Kier alpha value is -4.12. The first-order valence-corrected chi connectivity index (χ1v) is 13.7. The highest BCUT2D eigenvalue weighted by molar-refractivity contribution is 5.89. The second-order valence-electron chi connectivity index (χ2n) is 11.2. The Kier molecular flexibility index (Phi) is 11.9. The van der Waals surface area contributed by atoms with E-state index < -0.39 is 53.3 Å². The van der Waals surface area contributed by atoms with Crippen LogP contribution < -0.4 is 15.2 Å². The number of hydrogen-bond donors (Lipinski definition) is 2. The van der Waals surface area contributed by atoms with Crippen molar-refractivity contribution in [3.63, 3.8) is 0 Å². The predicted molar refractivity (Wildman–Crippen MR) is 154 cm³/mol. The van der Waals surface area contributed by atoms with Crippen LogP contribution in [0.3, 0.4) is 0 Å². The van der Waals surface area contributed by atoms with Gasteiger partial charge < -0.3 is 34.5 Å². The highest BCUT2D eigenvalue weighted by Gasteiger charge is 2.33. The van der Waals surface area contributed by atoms with Crippen LogP contribution in [-0.2, 0) is 19.0 Å². The Bertz CT molecular complexity index is 1240. The van der Waals surface area contributed by atoms with Crippen molar-refractivity contribution >= 4 is 24.2 Å². The fraction of sp³-hybridized carbons (Fsp3) is 0.484. The summed E-state index contributed by atoms with van der Waals surface area (Å²) in [6, 6.07) is 11.1. The number of rotatable bonds is 13. The molecule has 0 aromatic heterocycles. The molecule has 0 bridgehead atoms. The zero-order chi connectivity index (χ0) is 31.7. The second-order valence-corrected chi connectivity index (χ2v) is 11.2. The number of carboxylic acid groups (broad SMARTS) is 1. The van der Waals surface area contributed by atoms with Crippen molar-refractivity contribution in [2.24, 2.45) is 11.7 Å². The summed E-state index contributed by atoms with van der Waals surface area (Å²) in [6.45, 7) is 12.0. The quantitative estimate of drug-likeness (QED) is 0.159. The number of carboxylic acids is 1. The van der Waals surface area contributed by atoms with Gasteiger partial charge in [0.25, 0.3) is 0 Å². The van der Waals surface area contributed by atoms with Gasteiger partial charge in [-0.25, -0.2) is 14.4 Å². The number of benzene rings is 2. The van der Waals surface area contributed by atoms with Gasteiger partial charge >= 0.3 is 24.2 Å². The fourth-order valence-electron chi connectivity index (χ4n) is 3.72. The highest BCUT2D eigenvalue weighted by atomic mass is 16.8. The van der Waals surface area contributed by atoms with Crippen molar-refractivity contribution in [1.29, 1.82) is 0 Å². The fourth-order valence-corrected chi connectivity index (χ4v) is 3.72. The third kappa shape index (κ3) is 10.1. The maximum absolute atomic E-state index is 12.7. The van der Waals surface area contributed by atoms with Crippen LogP contribution in [0.15, 0.2) is 48.5 Å². The van der Waals surface area contributed by atoms with Crippen molar-refractivity contribution in [1.82, 2.24) is 0 Å². The standard InChI is InChI=1S/C31H41NO10/c1-8-30(4,5)41-28(36)39-22-16-15-21(17-23(22)40-29(37)42-31(6,7)9-2)24(25(32)26(33)34)19(3)18-38-27(35)20-13-11-10-12-14-20/h10-17,19,24-25H,8-9,18,32H2,1-7H3,(H,33,34)/t19?,24?,25-/m0/s1. The van der Waals surface area contributed by atoms with Crippen molar-refractivity contribution in [2.45, 2.75) is 84.5 Å². The van der Waals surface area contributed by atoms with Crippen molar-refractivity contribution in [2.75, 3.05) is 6.61 Å². The summed E-state index contributed by atoms with van der Waals surface area (Å²) in [4.78, 5) is 49.7. The molecule has 0 fully saturated rings. The first-order valence-electron chi connectivity index (χ1n) is 13.7. The molecule has 3 N–H and O–H groups in total. The van der Waals surface area contributed by atoms with Crippen LogP contribution in [0, 0.1) is 5.92 Å². The third-order valence-corrected chi connectivity index (χ3v) is 6.93. The molecule has 230 valence electrons. The molecule has 11 nitrogen and oxygen atoms in total. The first kappa shape index (κ1) is 34.1. The van der Waals surface area contributed by atoms with E-state index in [1.165, 1.54) is 18.2 Å². The molecule has 2 rings (SSSR count). The Morgan fingerprint density at radius 2 is 1.36 bits per heavy atom. The molecule has 3 atom stereocenters. The molecule has 0 aliphatic heterocycles. The summed E-state index contributed by atoms with van der Waals surface area (Å²) < 4.78 is 27.0. The lowest BCUT2D eigenvalue weighted by Crippen LogP contribution is -2.40. The summed E-state index contributed by atoms with van der Waals surface area (Å²) in [6.07, 6.45) is -1.07. The minimum Gasteiger partial charge on any atom is -0.480 e. The van der Waals surface area contributed by atoms with Gasteiger partial charge in [0.1, 0.15) is 17.2 Å². The zero-order valence-corrected chi connectivity index (χ0v) is 25.2. The van der Waals surface area contributed by atoms with Gasteiger partial charge in [0.05, 0.1) is 12.2 Å². The van der Waals surface area contributed by atoms with Crippen LogP contribution in [0.25, 0.3) is 0 Å². The molecule has 0 aliphatic rings. The average Bonchev–Trinajstić information content (AvgIpc) is 2.92. The number of nitrogens with two attached hydrogens (primary N) is 1. The van der Waals surface area contributed by atoms with Gasteiger partial charge in [-0.3, -0.25) is 4.79 Å². The number of carbonyl (C=O) groups excluding carboxylic acids is 3. The van der Waals surface area contributed by atoms with E-state index in [9.17, 15) is 24.3 Å². The maximum atomic E-state index is 12.7. The molecule has 0 radical (unpaired) electrons. The number of hydrogen-bond acceptors (Lipinski definition) is 10. The topological polar surface area (TPSA) is 161 Å². The Morgan fingerprint density at radius 3 is 1.86 bits per heavy atom. The lowest BCUT2D eigenvalue weighted by molar-refractivity contribution is -0.139. The molecule has 0 heterocycles. The summed E-state index contributed by atoms with van der Waals surface area (Å²) >= 11 is 0. The largest absolute Gasteiger partial charge is 0.514 e. The van der Waals surface area contributed by atoms with E-state index in [1.54, 1.807) is 65.0 Å². The van der Waals surface area contributed by atoms with E-state index in [0.717, 1.165) is 0 Å². The van der Waals surface area contributed by atoms with E-state index in [1.807, 2.05) is 13.8 Å². The Labute approximate surface area is 246 Å². The highest BCUT2D eigenvalue weighted by Crippen LogP contribution is 2.36. The van der Waals surface area contributed by atoms with E-state index in [4.69, 9.17) is 29.4 Å². The molecule has 42 heavy (non-hydrogen) atoms. The van der Waals surface area contributed by atoms with E-state index in [0.29, 0.717) is 24.0 Å². The number of esters is 1. The number of ether oxygens (including phenoxy) is 5. The lowest BCUT2D eigenvalue weighted by Gasteiger charge is -2.28. The van der Waals surface area contributed by atoms with E-state index in [2.05, 4.69) is 0 Å². The smallest absolute Gasteiger partial charge is 0.480 e. The van der Waals surface area contributed by atoms with Crippen molar-refractivity contribution in [3.8, 4) is 11.5 Å². The van der Waals surface area contributed by atoms with Gasteiger partial charge in [0.2, 0.25) is 0 Å². The molecule has 2 aromatic carbocycles. The SMILES string of the molecule is CCC(C)(C)OC(=O)Oc1ccc(C(C(C)COC(=O)c2ccccc2)[C@H](N)C(=O)O)cc1OC(=O)OC(C)(C)CC. The summed E-state index contributed by atoms with van der Waals surface area (Å²) in [5.41, 5.74) is 5.11. The van der Waals surface area contributed by atoms with Crippen LogP contribution in [0.5, 0.6) is 11.5 Å². The number of carbonyl (C=O) groups is 4. The van der Waals surface area contributed by atoms with Crippen LogP contribution in [0.4, 0.5) is 9.59 Å². The predicted octanol–water partition coefficient (Wildman–Crippen LogP) is 6.08. The minimum absolute atomic E-state index is 0.154. The van der Waals surface area contributed by atoms with Crippen LogP contribution in [0.1, 0.15) is 83.1 Å². The van der Waals surface area contributed by atoms with Crippen molar-refractivity contribution in [3.05, 3.63) is 59.7 Å². The van der Waals surface area contributed by atoms with Gasteiger partial charge in [-0.2, -0.15) is 0 Å². The molecule has 0 amide bonds. The molecule has 11 heteroatoms. The molecule has 0 saturated heterocycles. The lowest BCUT2D eigenvalue weighted by atomic mass is 9.82. The van der Waals surface area contributed by atoms with Crippen molar-refractivity contribution < 1.29 is 48.0 Å². The molecule has 2 aromatic rings. The molecule has 0 spiro atoms. The molecule has 0 aliphatic carbocycles. The van der Waals surface area contributed by atoms with E-state index in [-0.39, 0.29) is 18.1 Å². The summed E-state index contributed by atoms with van der Waals surface area (Å²) in [5, 5.41) is 9.77. The second kappa shape index (κ2) is 14.7. The molecule has 2 unspecified atom stereocenters. The summed E-state index contributed by atoms with van der Waals surface area (Å²) in [7, 11) is 0. The van der Waals surface area contributed by atoms with Gasteiger partial charge in [-0.1, -0.05) is 45.0 Å². The van der Waals surface area contributed by atoms with Gasteiger partial charge in [0.15, 0.2) is 11.5 Å². The normalized spacial score (nSPS) is 13.7. The van der Waals surface area contributed by atoms with Gasteiger partial charge in [-0.05, 0) is 76.3 Å². The van der Waals surface area contributed by atoms with Crippen LogP contribution in [-0.4, -0.2) is 53.2 Å². The zero-order valence-electron chi connectivity index (χ0n) is 25.2. The number of aliphatic carboxylic acids is 1. The monoisotopic (exact) mass is 587 g/mol. The first-order chi connectivity index (χ1) is 19.6. The third-order valence-electron chi connectivity index (χ3n) is 6.93. The maximum Gasteiger partial charge on any atom is 0.514 e. The molecular formula is C31H41NO10. The average molecular weight is 588 g/mol. The van der Waals surface area contributed by atoms with Gasteiger partial charge in [0, 0.05) is 5.92 Å².